The number of anilines is 3. The van der Waals surface area contributed by atoms with Gasteiger partial charge in [-0.3, -0.25) is 5.32 Å². The van der Waals surface area contributed by atoms with Gasteiger partial charge in [-0.15, -0.1) is 0 Å². The van der Waals surface area contributed by atoms with Crippen LogP contribution in [0.1, 0.15) is 23.9 Å². The van der Waals surface area contributed by atoms with E-state index in [9.17, 15) is 0 Å². The topological polar surface area (TPSA) is 68.7 Å². The molecule has 0 radical (unpaired) electrons. The van der Waals surface area contributed by atoms with Crippen molar-refractivity contribution in [3.63, 3.8) is 0 Å². The van der Waals surface area contributed by atoms with Gasteiger partial charge < -0.3 is 15.1 Å². The van der Waals surface area contributed by atoms with E-state index in [0.29, 0.717) is 17.0 Å². The van der Waals surface area contributed by atoms with Gasteiger partial charge in [0.25, 0.3) is 0 Å². The summed E-state index contributed by atoms with van der Waals surface area (Å²) in [7, 11) is 0. The molecule has 1 aromatic heterocycles. The highest BCUT2D eigenvalue weighted by Gasteiger charge is 2.22. The second kappa shape index (κ2) is 11.5. The molecule has 1 aliphatic rings. The van der Waals surface area contributed by atoms with E-state index in [1.807, 2.05) is 56.3 Å². The van der Waals surface area contributed by atoms with Gasteiger partial charge in [-0.1, -0.05) is 42.8 Å². The number of thiocarbonyl (C=S) groups is 1. The molecule has 1 saturated heterocycles. The van der Waals surface area contributed by atoms with Crippen LogP contribution in [-0.2, 0) is 6.42 Å². The fourth-order valence-electron chi connectivity index (χ4n) is 4.10. The molecule has 0 atom stereocenters. The summed E-state index contributed by atoms with van der Waals surface area (Å²) in [6.07, 6.45) is 0.905. The lowest BCUT2D eigenvalue weighted by Crippen LogP contribution is -2.51. The number of rotatable bonds is 4. The largest absolute Gasteiger partial charge is 0.368 e. The monoisotopic (exact) mass is 507 g/mol. The molecule has 4 rings (SSSR count). The Balaban J connectivity index is 1.55. The van der Waals surface area contributed by atoms with Crippen LogP contribution < -0.4 is 15.5 Å². The van der Waals surface area contributed by atoms with Crippen molar-refractivity contribution in [1.29, 1.82) is 0 Å². The van der Waals surface area contributed by atoms with Crippen molar-refractivity contribution in [3.05, 3.63) is 76.6 Å². The Morgan fingerprint density at radius 2 is 1.69 bits per heavy atom. The molecular weight excluding hydrogens is 478 g/mol. The van der Waals surface area contributed by atoms with Gasteiger partial charge in [0.1, 0.15) is 0 Å². The van der Waals surface area contributed by atoms with Crippen molar-refractivity contribution >= 4 is 52.2 Å². The second-order valence-corrected chi connectivity index (χ2v) is 9.25. The third kappa shape index (κ3) is 6.68. The predicted octanol–water partition coefficient (Wildman–Crippen LogP) is 5.30. The Labute approximate surface area is 217 Å². The van der Waals surface area contributed by atoms with Crippen molar-refractivity contribution in [2.75, 3.05) is 41.7 Å². The number of nitrogens with zero attached hydrogens (tertiary/aromatic N) is 5. The summed E-state index contributed by atoms with van der Waals surface area (Å²) >= 11 is 11.8. The van der Waals surface area contributed by atoms with Crippen LogP contribution in [0.15, 0.2) is 59.6 Å². The summed E-state index contributed by atoms with van der Waals surface area (Å²) in [4.78, 5) is 18.4. The van der Waals surface area contributed by atoms with E-state index in [-0.39, 0.29) is 0 Å². The second-order valence-electron chi connectivity index (χ2n) is 8.43. The number of aliphatic imine (C=N–C) groups is 1. The first-order valence-corrected chi connectivity index (χ1v) is 12.5. The molecule has 1 fully saturated rings. The number of nitrogens with one attached hydrogen (secondary N) is 2. The number of halogens is 1. The van der Waals surface area contributed by atoms with Crippen molar-refractivity contribution in [2.24, 2.45) is 4.99 Å². The summed E-state index contributed by atoms with van der Waals surface area (Å²) in [5.41, 5.74) is 5.06. The lowest BCUT2D eigenvalue weighted by atomic mass is 10.1. The van der Waals surface area contributed by atoms with E-state index in [4.69, 9.17) is 28.8 Å². The zero-order valence-electron chi connectivity index (χ0n) is 20.3. The fourth-order valence-corrected chi connectivity index (χ4v) is 4.48. The Kier molecular flexibility index (Phi) is 8.15. The van der Waals surface area contributed by atoms with Gasteiger partial charge in [-0.05, 0) is 68.4 Å². The van der Waals surface area contributed by atoms with Crippen LogP contribution in [0, 0.1) is 13.8 Å². The smallest absolute Gasteiger partial charge is 0.229 e. The molecule has 0 amide bonds. The van der Waals surface area contributed by atoms with Crippen LogP contribution in [0.25, 0.3) is 0 Å². The molecule has 0 aliphatic carbocycles. The Bertz CT molecular complexity index is 1200. The van der Waals surface area contributed by atoms with Gasteiger partial charge in [-0.25, -0.2) is 9.97 Å². The molecule has 0 spiro atoms. The molecule has 9 heteroatoms. The van der Waals surface area contributed by atoms with E-state index < -0.39 is 0 Å². The normalized spacial score (nSPS) is 14.1. The highest BCUT2D eigenvalue weighted by Crippen LogP contribution is 2.21. The summed E-state index contributed by atoms with van der Waals surface area (Å²) < 4.78 is 0. The molecular formula is C26H30ClN7S. The molecule has 0 unspecified atom stereocenters. The van der Waals surface area contributed by atoms with E-state index in [2.05, 4.69) is 49.5 Å². The van der Waals surface area contributed by atoms with Crippen LogP contribution in [-0.4, -0.2) is 52.1 Å². The predicted molar refractivity (Wildman–Crippen MR) is 150 cm³/mol. The summed E-state index contributed by atoms with van der Waals surface area (Å²) in [6.45, 7) is 9.20. The van der Waals surface area contributed by atoms with Crippen LogP contribution in [0.2, 0.25) is 5.02 Å². The first-order chi connectivity index (χ1) is 16.9. The van der Waals surface area contributed by atoms with E-state index in [1.54, 1.807) is 0 Å². The van der Waals surface area contributed by atoms with Gasteiger partial charge in [0.05, 0.1) is 0 Å². The molecule has 2 aromatic carbocycles. The SMILES string of the molecule is CCc1ccccc1NC(=S)/N=C(/Nc1nc(C)cc(C)n1)N1CCN(c2cccc(Cl)c2)CC1. The van der Waals surface area contributed by atoms with Crippen molar-refractivity contribution in [1.82, 2.24) is 14.9 Å². The van der Waals surface area contributed by atoms with Crippen LogP contribution in [0.3, 0.4) is 0 Å². The summed E-state index contributed by atoms with van der Waals surface area (Å²) in [6, 6.07) is 18.0. The molecule has 35 heavy (non-hydrogen) atoms. The molecule has 1 aliphatic heterocycles. The molecule has 182 valence electrons. The summed E-state index contributed by atoms with van der Waals surface area (Å²) in [5.74, 6) is 1.14. The minimum atomic E-state index is 0.384. The quantitative estimate of drug-likeness (QED) is 0.282. The number of aryl methyl sites for hydroxylation is 3. The molecule has 2 N–H and O–H groups in total. The standard InChI is InChI=1S/C26H30ClN7S/c1-4-20-8-5-6-11-23(20)30-26(35)32-25(31-24-28-18(2)16-19(3)29-24)34-14-12-33(13-15-34)22-10-7-9-21(27)17-22/h5-11,16-17H,4,12-15H2,1-3H3,(H2,28,29,30,31,32,35). The zero-order chi connectivity index (χ0) is 24.8. The van der Waals surface area contributed by atoms with Crippen LogP contribution in [0.5, 0.6) is 0 Å². The van der Waals surface area contributed by atoms with E-state index >= 15 is 0 Å². The van der Waals surface area contributed by atoms with Gasteiger partial charge >= 0.3 is 0 Å². The molecule has 2 heterocycles. The molecule has 3 aromatic rings. The highest BCUT2D eigenvalue weighted by atomic mass is 35.5. The number of hydrogen-bond donors (Lipinski definition) is 2. The van der Waals surface area contributed by atoms with Crippen LogP contribution in [0.4, 0.5) is 17.3 Å². The molecule has 0 bridgehead atoms. The fraction of sp³-hybridized carbons (Fsp3) is 0.308. The van der Waals surface area contributed by atoms with E-state index in [1.165, 1.54) is 5.56 Å². The van der Waals surface area contributed by atoms with Crippen LogP contribution >= 0.6 is 23.8 Å². The van der Waals surface area contributed by atoms with Gasteiger partial charge in [0.15, 0.2) is 0 Å². The first kappa shape index (κ1) is 24.9. The molecule has 0 saturated carbocycles. The van der Waals surface area contributed by atoms with Gasteiger partial charge in [0, 0.05) is 54.0 Å². The maximum atomic E-state index is 6.20. The Morgan fingerprint density at radius 1 is 0.971 bits per heavy atom. The number of benzene rings is 2. The minimum absolute atomic E-state index is 0.384. The number of hydrogen-bond acceptors (Lipinski definition) is 4. The number of para-hydroxylation sites is 1. The van der Waals surface area contributed by atoms with E-state index in [0.717, 1.165) is 60.4 Å². The van der Waals surface area contributed by atoms with Gasteiger partial charge in [0.2, 0.25) is 17.0 Å². The third-order valence-electron chi connectivity index (χ3n) is 5.81. The Hall–Kier alpha value is -3.23. The Morgan fingerprint density at radius 3 is 2.37 bits per heavy atom. The number of piperazine rings is 1. The highest BCUT2D eigenvalue weighted by molar-refractivity contribution is 7.80. The van der Waals surface area contributed by atoms with Gasteiger partial charge in [-0.2, -0.15) is 4.99 Å². The minimum Gasteiger partial charge on any atom is -0.368 e. The van der Waals surface area contributed by atoms with Crippen molar-refractivity contribution in [2.45, 2.75) is 27.2 Å². The third-order valence-corrected chi connectivity index (χ3v) is 6.23. The van der Waals surface area contributed by atoms with Crippen molar-refractivity contribution in [3.8, 4) is 0 Å². The maximum absolute atomic E-state index is 6.20. The zero-order valence-corrected chi connectivity index (χ0v) is 21.8. The average Bonchev–Trinajstić information content (AvgIpc) is 2.83. The number of guanidine groups is 1. The maximum Gasteiger partial charge on any atom is 0.229 e. The lowest BCUT2D eigenvalue weighted by Gasteiger charge is -2.37. The van der Waals surface area contributed by atoms with Crippen molar-refractivity contribution < 1.29 is 0 Å². The first-order valence-electron chi connectivity index (χ1n) is 11.7. The number of aromatic nitrogens is 2. The summed E-state index contributed by atoms with van der Waals surface area (Å²) in [5, 5.41) is 7.74. The molecule has 7 nitrogen and oxygen atoms in total. The average molecular weight is 508 g/mol. The lowest BCUT2D eigenvalue weighted by molar-refractivity contribution is 0.385.